The molecule has 1 aromatic heterocycles. The number of carbonyl (C=O) groups is 1. The lowest BCUT2D eigenvalue weighted by Gasteiger charge is -2.10. The standard InChI is InChI=1S/C16H18ClNO2/c1-3-4-11(2)18-16(19)15-10-9-14(20-15)12-5-7-13(17)8-6-12/h5-11H,3-4H2,1-2H3,(H,18,19)/t11-/m0/s1. The van der Waals surface area contributed by atoms with Crippen molar-refractivity contribution in [1.29, 1.82) is 0 Å². The molecule has 0 bridgehead atoms. The fourth-order valence-electron chi connectivity index (χ4n) is 2.03. The van der Waals surface area contributed by atoms with Crippen LogP contribution in [0.2, 0.25) is 5.02 Å². The van der Waals surface area contributed by atoms with Crippen LogP contribution in [0.25, 0.3) is 11.3 Å². The fourth-order valence-corrected chi connectivity index (χ4v) is 2.16. The van der Waals surface area contributed by atoms with Gasteiger partial charge in [-0.15, -0.1) is 0 Å². The molecule has 1 N–H and O–H groups in total. The average molecular weight is 292 g/mol. The van der Waals surface area contributed by atoms with Crippen LogP contribution in [0, 0.1) is 0 Å². The van der Waals surface area contributed by atoms with Gasteiger partial charge in [-0.3, -0.25) is 4.79 Å². The largest absolute Gasteiger partial charge is 0.451 e. The number of rotatable bonds is 5. The number of furan rings is 1. The molecule has 20 heavy (non-hydrogen) atoms. The van der Waals surface area contributed by atoms with E-state index in [2.05, 4.69) is 12.2 Å². The van der Waals surface area contributed by atoms with Crippen LogP contribution < -0.4 is 5.32 Å². The van der Waals surface area contributed by atoms with Crippen LogP contribution in [-0.2, 0) is 0 Å². The van der Waals surface area contributed by atoms with E-state index < -0.39 is 0 Å². The fraction of sp³-hybridized carbons (Fsp3) is 0.312. The molecule has 3 nitrogen and oxygen atoms in total. The molecule has 0 aliphatic rings. The van der Waals surface area contributed by atoms with Crippen molar-refractivity contribution in [3.05, 3.63) is 47.2 Å². The minimum atomic E-state index is -0.175. The van der Waals surface area contributed by atoms with Gasteiger partial charge in [0.15, 0.2) is 5.76 Å². The van der Waals surface area contributed by atoms with Gasteiger partial charge in [-0.1, -0.05) is 24.9 Å². The zero-order chi connectivity index (χ0) is 14.5. The summed E-state index contributed by atoms with van der Waals surface area (Å²) in [4.78, 5) is 12.0. The molecule has 0 spiro atoms. The summed E-state index contributed by atoms with van der Waals surface area (Å²) in [7, 11) is 0. The Morgan fingerprint density at radius 2 is 1.95 bits per heavy atom. The summed E-state index contributed by atoms with van der Waals surface area (Å²) in [5, 5.41) is 3.59. The lowest BCUT2D eigenvalue weighted by molar-refractivity contribution is 0.0911. The lowest BCUT2D eigenvalue weighted by atomic mass is 10.2. The van der Waals surface area contributed by atoms with E-state index >= 15 is 0 Å². The van der Waals surface area contributed by atoms with E-state index in [0.717, 1.165) is 18.4 Å². The van der Waals surface area contributed by atoms with Gasteiger partial charge in [-0.25, -0.2) is 0 Å². The number of hydrogen-bond acceptors (Lipinski definition) is 2. The summed E-state index contributed by atoms with van der Waals surface area (Å²) in [6, 6.07) is 11.0. The molecule has 1 heterocycles. The summed E-state index contributed by atoms with van der Waals surface area (Å²) >= 11 is 5.85. The van der Waals surface area contributed by atoms with E-state index in [1.807, 2.05) is 19.1 Å². The highest BCUT2D eigenvalue weighted by molar-refractivity contribution is 6.30. The number of halogens is 1. The highest BCUT2D eigenvalue weighted by atomic mass is 35.5. The summed E-state index contributed by atoms with van der Waals surface area (Å²) in [6.45, 7) is 4.08. The van der Waals surface area contributed by atoms with E-state index in [1.165, 1.54) is 0 Å². The Labute approximate surface area is 123 Å². The molecule has 0 saturated heterocycles. The Balaban J connectivity index is 2.08. The monoisotopic (exact) mass is 291 g/mol. The van der Waals surface area contributed by atoms with Crippen LogP contribution in [-0.4, -0.2) is 11.9 Å². The SMILES string of the molecule is CCC[C@H](C)NC(=O)c1ccc(-c2ccc(Cl)cc2)o1. The van der Waals surface area contributed by atoms with E-state index in [-0.39, 0.29) is 11.9 Å². The third kappa shape index (κ3) is 3.64. The van der Waals surface area contributed by atoms with Gasteiger partial charge in [-0.2, -0.15) is 0 Å². The Kier molecular flexibility index (Phi) is 4.85. The van der Waals surface area contributed by atoms with E-state index in [4.69, 9.17) is 16.0 Å². The molecular weight excluding hydrogens is 274 g/mol. The maximum Gasteiger partial charge on any atom is 0.287 e. The molecule has 0 radical (unpaired) electrons. The topological polar surface area (TPSA) is 42.2 Å². The lowest BCUT2D eigenvalue weighted by Crippen LogP contribution is -2.32. The third-order valence-corrected chi connectivity index (χ3v) is 3.31. The van der Waals surface area contributed by atoms with E-state index in [9.17, 15) is 4.79 Å². The second kappa shape index (κ2) is 6.62. The maximum absolute atomic E-state index is 12.0. The number of amides is 1. The number of hydrogen-bond donors (Lipinski definition) is 1. The predicted molar refractivity (Wildman–Crippen MR) is 81.0 cm³/mol. The summed E-state index contributed by atoms with van der Waals surface area (Å²) in [5.74, 6) is 0.819. The van der Waals surface area contributed by atoms with Gasteiger partial charge in [-0.05, 0) is 49.7 Å². The molecule has 0 aliphatic carbocycles. The number of benzene rings is 1. The quantitative estimate of drug-likeness (QED) is 0.880. The highest BCUT2D eigenvalue weighted by Crippen LogP contribution is 2.23. The van der Waals surface area contributed by atoms with Gasteiger partial charge >= 0.3 is 0 Å². The molecule has 0 unspecified atom stereocenters. The first-order valence-electron chi connectivity index (χ1n) is 6.76. The van der Waals surface area contributed by atoms with E-state index in [1.54, 1.807) is 24.3 Å². The highest BCUT2D eigenvalue weighted by Gasteiger charge is 2.14. The van der Waals surface area contributed by atoms with Gasteiger partial charge in [0.05, 0.1) is 0 Å². The van der Waals surface area contributed by atoms with Crippen molar-refractivity contribution in [2.75, 3.05) is 0 Å². The Bertz CT molecular complexity index is 574. The molecule has 0 fully saturated rings. The van der Waals surface area contributed by atoms with Crippen LogP contribution in [0.3, 0.4) is 0 Å². The first-order chi connectivity index (χ1) is 9.60. The molecule has 1 amide bonds. The van der Waals surface area contributed by atoms with Gasteiger partial charge in [0.2, 0.25) is 0 Å². The van der Waals surface area contributed by atoms with Crippen LogP contribution in [0.4, 0.5) is 0 Å². The molecule has 1 aromatic carbocycles. The molecule has 0 aliphatic heterocycles. The molecule has 1 atom stereocenters. The van der Waals surface area contributed by atoms with Crippen molar-refractivity contribution < 1.29 is 9.21 Å². The Morgan fingerprint density at radius 1 is 1.25 bits per heavy atom. The van der Waals surface area contributed by atoms with Crippen LogP contribution in [0.5, 0.6) is 0 Å². The first kappa shape index (κ1) is 14.7. The molecule has 0 saturated carbocycles. The Morgan fingerprint density at radius 3 is 2.60 bits per heavy atom. The minimum Gasteiger partial charge on any atom is -0.451 e. The van der Waals surface area contributed by atoms with Gasteiger partial charge in [0.1, 0.15) is 5.76 Å². The van der Waals surface area contributed by atoms with Crippen molar-refractivity contribution in [2.24, 2.45) is 0 Å². The summed E-state index contributed by atoms with van der Waals surface area (Å²) < 4.78 is 5.60. The third-order valence-electron chi connectivity index (χ3n) is 3.06. The van der Waals surface area contributed by atoms with Gasteiger partial charge in [0, 0.05) is 16.6 Å². The molecule has 2 rings (SSSR count). The van der Waals surface area contributed by atoms with Gasteiger partial charge in [0.25, 0.3) is 5.91 Å². The van der Waals surface area contributed by atoms with E-state index in [0.29, 0.717) is 16.5 Å². The predicted octanol–water partition coefficient (Wildman–Crippen LogP) is 4.52. The maximum atomic E-state index is 12.0. The van der Waals surface area contributed by atoms with Crippen LogP contribution in [0.1, 0.15) is 37.2 Å². The van der Waals surface area contributed by atoms with Crippen molar-refractivity contribution in [1.82, 2.24) is 5.32 Å². The second-order valence-electron chi connectivity index (χ2n) is 4.83. The molecule has 2 aromatic rings. The zero-order valence-corrected chi connectivity index (χ0v) is 12.4. The van der Waals surface area contributed by atoms with Gasteiger partial charge < -0.3 is 9.73 Å². The van der Waals surface area contributed by atoms with Crippen molar-refractivity contribution in [2.45, 2.75) is 32.7 Å². The van der Waals surface area contributed by atoms with Crippen molar-refractivity contribution >= 4 is 17.5 Å². The van der Waals surface area contributed by atoms with Crippen molar-refractivity contribution in [3.63, 3.8) is 0 Å². The molecule has 106 valence electrons. The van der Waals surface area contributed by atoms with Crippen LogP contribution >= 0.6 is 11.6 Å². The van der Waals surface area contributed by atoms with Crippen molar-refractivity contribution in [3.8, 4) is 11.3 Å². The minimum absolute atomic E-state index is 0.150. The first-order valence-corrected chi connectivity index (χ1v) is 7.14. The summed E-state index contributed by atoms with van der Waals surface area (Å²) in [5.41, 5.74) is 0.898. The number of carbonyl (C=O) groups excluding carboxylic acids is 1. The Hall–Kier alpha value is -1.74. The smallest absolute Gasteiger partial charge is 0.287 e. The normalized spacial score (nSPS) is 12.2. The summed E-state index contributed by atoms with van der Waals surface area (Å²) in [6.07, 6.45) is 1.99. The van der Waals surface area contributed by atoms with Crippen LogP contribution in [0.15, 0.2) is 40.8 Å². The number of nitrogens with one attached hydrogen (secondary N) is 1. The molecule has 4 heteroatoms. The average Bonchev–Trinajstić information content (AvgIpc) is 2.89. The molecular formula is C16H18ClNO2. The zero-order valence-electron chi connectivity index (χ0n) is 11.7. The second-order valence-corrected chi connectivity index (χ2v) is 5.27.